The van der Waals surface area contributed by atoms with Crippen molar-refractivity contribution < 1.29 is 9.21 Å². The van der Waals surface area contributed by atoms with Crippen LogP contribution in [0.4, 0.5) is 0 Å². The lowest BCUT2D eigenvalue weighted by Gasteiger charge is -1.99. The van der Waals surface area contributed by atoms with Crippen LogP contribution in [0.2, 0.25) is 0 Å². The third kappa shape index (κ3) is 3.18. The van der Waals surface area contributed by atoms with Crippen LogP contribution in [0.5, 0.6) is 0 Å². The lowest BCUT2D eigenvalue weighted by Crippen LogP contribution is -2.12. The first-order chi connectivity index (χ1) is 8.15. The van der Waals surface area contributed by atoms with Crippen LogP contribution in [0.3, 0.4) is 0 Å². The van der Waals surface area contributed by atoms with Gasteiger partial charge in [0.1, 0.15) is 11.5 Å². The fourth-order valence-corrected chi connectivity index (χ4v) is 2.33. The van der Waals surface area contributed by atoms with Crippen molar-refractivity contribution in [3.05, 3.63) is 45.5 Å². The Morgan fingerprint density at radius 3 is 2.88 bits per heavy atom. The highest BCUT2D eigenvalue weighted by atomic mass is 32.1. The van der Waals surface area contributed by atoms with Crippen LogP contribution in [0.15, 0.2) is 28.0 Å². The highest BCUT2D eigenvalue weighted by Gasteiger charge is 2.04. The van der Waals surface area contributed by atoms with Crippen molar-refractivity contribution >= 4 is 17.2 Å². The fourth-order valence-electron chi connectivity index (χ4n) is 1.49. The molecular formula is C12H14N2O2S. The standard InChI is InChI=1S/C12H14N2O2S/c1-8-2-3-10(16-8)5-14-6-11-4-9(7-17-11)12(13)15/h2-4,7,14H,5-6H2,1H3,(H2,13,15). The summed E-state index contributed by atoms with van der Waals surface area (Å²) in [7, 11) is 0. The largest absolute Gasteiger partial charge is 0.465 e. The summed E-state index contributed by atoms with van der Waals surface area (Å²) < 4.78 is 5.43. The zero-order valence-corrected chi connectivity index (χ0v) is 10.3. The first-order valence-corrected chi connectivity index (χ1v) is 6.16. The Morgan fingerprint density at radius 1 is 1.47 bits per heavy atom. The summed E-state index contributed by atoms with van der Waals surface area (Å²) in [5.74, 6) is 1.44. The Morgan fingerprint density at radius 2 is 2.29 bits per heavy atom. The number of hydrogen-bond donors (Lipinski definition) is 2. The summed E-state index contributed by atoms with van der Waals surface area (Å²) >= 11 is 1.52. The summed E-state index contributed by atoms with van der Waals surface area (Å²) in [4.78, 5) is 12.0. The molecular weight excluding hydrogens is 236 g/mol. The molecule has 0 unspecified atom stereocenters. The molecule has 90 valence electrons. The number of carbonyl (C=O) groups is 1. The van der Waals surface area contributed by atoms with Gasteiger partial charge in [0.05, 0.1) is 12.1 Å². The minimum Gasteiger partial charge on any atom is -0.465 e. The van der Waals surface area contributed by atoms with Crippen LogP contribution in [-0.4, -0.2) is 5.91 Å². The molecule has 3 N–H and O–H groups in total. The third-order valence-corrected chi connectivity index (χ3v) is 3.27. The zero-order valence-electron chi connectivity index (χ0n) is 9.53. The van der Waals surface area contributed by atoms with E-state index < -0.39 is 0 Å². The van der Waals surface area contributed by atoms with Gasteiger partial charge in [0.2, 0.25) is 5.91 Å². The second kappa shape index (κ2) is 5.16. The van der Waals surface area contributed by atoms with E-state index in [0.29, 0.717) is 18.7 Å². The minimum absolute atomic E-state index is 0.380. The summed E-state index contributed by atoms with van der Waals surface area (Å²) in [6.45, 7) is 3.30. The van der Waals surface area contributed by atoms with Gasteiger partial charge in [-0.15, -0.1) is 11.3 Å². The van der Waals surface area contributed by atoms with Crippen LogP contribution in [0, 0.1) is 6.92 Å². The van der Waals surface area contributed by atoms with Crippen molar-refractivity contribution in [1.29, 1.82) is 0 Å². The predicted octanol–water partition coefficient (Wildman–Crippen LogP) is 2.04. The Balaban J connectivity index is 1.83. The number of furan rings is 1. The van der Waals surface area contributed by atoms with Crippen molar-refractivity contribution in [2.75, 3.05) is 0 Å². The lowest BCUT2D eigenvalue weighted by atomic mass is 10.3. The maximum absolute atomic E-state index is 10.9. The average Bonchev–Trinajstić information content (AvgIpc) is 2.88. The van der Waals surface area contributed by atoms with Crippen LogP contribution in [0.1, 0.15) is 26.8 Å². The Bertz CT molecular complexity index is 516. The molecule has 0 aliphatic rings. The van der Waals surface area contributed by atoms with Gasteiger partial charge in [-0.1, -0.05) is 0 Å². The summed E-state index contributed by atoms with van der Waals surface area (Å²) in [5, 5.41) is 5.02. The normalized spacial score (nSPS) is 10.6. The summed E-state index contributed by atoms with van der Waals surface area (Å²) in [6, 6.07) is 5.70. The Kier molecular flexibility index (Phi) is 3.61. The lowest BCUT2D eigenvalue weighted by molar-refractivity contribution is 0.100. The van der Waals surface area contributed by atoms with Gasteiger partial charge in [-0.3, -0.25) is 4.79 Å². The predicted molar refractivity (Wildman–Crippen MR) is 66.8 cm³/mol. The number of primary amides is 1. The van der Waals surface area contributed by atoms with Crippen LogP contribution < -0.4 is 11.1 Å². The fraction of sp³-hybridized carbons (Fsp3) is 0.250. The molecule has 0 bridgehead atoms. The first kappa shape index (κ1) is 11.9. The van der Waals surface area contributed by atoms with E-state index >= 15 is 0 Å². The highest BCUT2D eigenvalue weighted by molar-refractivity contribution is 7.10. The molecule has 2 aromatic heterocycles. The van der Waals surface area contributed by atoms with Crippen molar-refractivity contribution in [2.24, 2.45) is 5.73 Å². The van der Waals surface area contributed by atoms with Gasteiger partial charge in [0.15, 0.2) is 0 Å². The van der Waals surface area contributed by atoms with Gasteiger partial charge in [0, 0.05) is 16.8 Å². The molecule has 0 fully saturated rings. The molecule has 0 saturated heterocycles. The van der Waals surface area contributed by atoms with E-state index in [0.717, 1.165) is 16.4 Å². The van der Waals surface area contributed by atoms with Crippen molar-refractivity contribution in [1.82, 2.24) is 5.32 Å². The molecule has 0 atom stereocenters. The number of thiophene rings is 1. The second-order valence-electron chi connectivity index (χ2n) is 3.78. The summed E-state index contributed by atoms with van der Waals surface area (Å²) in [6.07, 6.45) is 0. The van der Waals surface area contributed by atoms with Gasteiger partial charge in [-0.25, -0.2) is 0 Å². The van der Waals surface area contributed by atoms with Gasteiger partial charge < -0.3 is 15.5 Å². The highest BCUT2D eigenvalue weighted by Crippen LogP contribution is 2.14. The summed E-state index contributed by atoms with van der Waals surface area (Å²) in [5.41, 5.74) is 5.75. The van der Waals surface area contributed by atoms with E-state index in [1.807, 2.05) is 25.1 Å². The topological polar surface area (TPSA) is 68.3 Å². The van der Waals surface area contributed by atoms with E-state index in [-0.39, 0.29) is 5.91 Å². The number of carbonyl (C=O) groups excluding carboxylic acids is 1. The third-order valence-electron chi connectivity index (χ3n) is 2.33. The zero-order chi connectivity index (χ0) is 12.3. The molecule has 2 heterocycles. The van der Waals surface area contributed by atoms with Crippen LogP contribution >= 0.6 is 11.3 Å². The van der Waals surface area contributed by atoms with E-state index in [4.69, 9.17) is 10.2 Å². The number of hydrogen-bond acceptors (Lipinski definition) is 4. The molecule has 0 radical (unpaired) electrons. The van der Waals surface area contributed by atoms with Gasteiger partial charge in [-0.05, 0) is 25.1 Å². The van der Waals surface area contributed by atoms with Crippen molar-refractivity contribution in [2.45, 2.75) is 20.0 Å². The van der Waals surface area contributed by atoms with Gasteiger partial charge in [-0.2, -0.15) is 0 Å². The monoisotopic (exact) mass is 250 g/mol. The minimum atomic E-state index is -0.380. The maximum atomic E-state index is 10.9. The number of rotatable bonds is 5. The molecule has 0 saturated carbocycles. The Hall–Kier alpha value is -1.59. The smallest absolute Gasteiger partial charge is 0.249 e. The number of nitrogens with two attached hydrogens (primary N) is 1. The molecule has 0 spiro atoms. The second-order valence-corrected chi connectivity index (χ2v) is 4.78. The maximum Gasteiger partial charge on any atom is 0.249 e. The molecule has 1 amide bonds. The first-order valence-electron chi connectivity index (χ1n) is 5.28. The Labute approximate surface area is 103 Å². The van der Waals surface area contributed by atoms with E-state index in [1.54, 1.807) is 5.38 Å². The molecule has 5 heteroatoms. The van der Waals surface area contributed by atoms with Gasteiger partial charge >= 0.3 is 0 Å². The SMILES string of the molecule is Cc1ccc(CNCc2cc(C(N)=O)cs2)o1. The quantitative estimate of drug-likeness (QED) is 0.853. The molecule has 0 aromatic carbocycles. The number of aryl methyl sites for hydroxylation is 1. The molecule has 0 aliphatic heterocycles. The molecule has 4 nitrogen and oxygen atoms in total. The van der Waals surface area contributed by atoms with Crippen LogP contribution in [0.25, 0.3) is 0 Å². The molecule has 17 heavy (non-hydrogen) atoms. The van der Waals surface area contributed by atoms with E-state index in [2.05, 4.69) is 5.32 Å². The molecule has 2 rings (SSSR count). The van der Waals surface area contributed by atoms with E-state index in [1.165, 1.54) is 11.3 Å². The average molecular weight is 250 g/mol. The van der Waals surface area contributed by atoms with Gasteiger partial charge in [0.25, 0.3) is 0 Å². The van der Waals surface area contributed by atoms with Crippen molar-refractivity contribution in [3.8, 4) is 0 Å². The van der Waals surface area contributed by atoms with Crippen LogP contribution in [-0.2, 0) is 13.1 Å². The number of nitrogens with one attached hydrogen (secondary N) is 1. The van der Waals surface area contributed by atoms with Crippen molar-refractivity contribution in [3.63, 3.8) is 0 Å². The van der Waals surface area contributed by atoms with E-state index in [9.17, 15) is 4.79 Å². The molecule has 2 aromatic rings. The number of amides is 1. The molecule has 0 aliphatic carbocycles.